The van der Waals surface area contributed by atoms with Crippen LogP contribution in [-0.4, -0.2) is 18.3 Å². The second-order valence-corrected chi connectivity index (χ2v) is 3.79. The Morgan fingerprint density at radius 2 is 1.94 bits per heavy atom. The van der Waals surface area contributed by atoms with Gasteiger partial charge in [0.15, 0.2) is 0 Å². The molecular formula is C14H16O3. The first kappa shape index (κ1) is 11.9. The quantitative estimate of drug-likeness (QED) is 0.832. The summed E-state index contributed by atoms with van der Waals surface area (Å²) in [6, 6.07) is 13.7. The van der Waals surface area contributed by atoms with Crippen LogP contribution in [0.4, 0.5) is 0 Å². The Balaban J connectivity index is 1.81. The number of ether oxygens (including phenoxy) is 1. The van der Waals surface area contributed by atoms with Crippen molar-refractivity contribution in [3.63, 3.8) is 0 Å². The second kappa shape index (κ2) is 6.23. The highest BCUT2D eigenvalue weighted by atomic mass is 16.5. The van der Waals surface area contributed by atoms with Gasteiger partial charge in [-0.05, 0) is 24.1 Å². The average molecular weight is 232 g/mol. The Morgan fingerprint density at radius 1 is 1.12 bits per heavy atom. The summed E-state index contributed by atoms with van der Waals surface area (Å²) in [5.41, 5.74) is 1.23. The van der Waals surface area contributed by atoms with Gasteiger partial charge in [0.05, 0.1) is 19.5 Å². The predicted molar refractivity (Wildman–Crippen MR) is 64.6 cm³/mol. The van der Waals surface area contributed by atoms with E-state index >= 15 is 0 Å². The normalized spacial score (nSPS) is 12.5. The van der Waals surface area contributed by atoms with E-state index < -0.39 is 0 Å². The van der Waals surface area contributed by atoms with Gasteiger partial charge in [0, 0.05) is 0 Å². The smallest absolute Gasteiger partial charge is 0.138 e. The lowest BCUT2D eigenvalue weighted by Crippen LogP contribution is -2.10. The number of benzene rings is 1. The van der Waals surface area contributed by atoms with Crippen molar-refractivity contribution in [1.82, 2.24) is 0 Å². The van der Waals surface area contributed by atoms with Crippen LogP contribution in [-0.2, 0) is 11.2 Å². The molecule has 0 fully saturated rings. The van der Waals surface area contributed by atoms with Crippen molar-refractivity contribution in [3.8, 4) is 0 Å². The fourth-order valence-corrected chi connectivity index (χ4v) is 1.66. The largest absolute Gasteiger partial charge is 0.466 e. The maximum atomic E-state index is 9.21. The van der Waals surface area contributed by atoms with Gasteiger partial charge >= 0.3 is 0 Å². The van der Waals surface area contributed by atoms with E-state index in [4.69, 9.17) is 9.15 Å². The molecule has 0 saturated carbocycles. The number of aliphatic hydroxyl groups is 1. The van der Waals surface area contributed by atoms with Gasteiger partial charge in [-0.3, -0.25) is 0 Å². The molecule has 0 aliphatic heterocycles. The molecule has 0 aliphatic rings. The second-order valence-electron chi connectivity index (χ2n) is 3.79. The summed E-state index contributed by atoms with van der Waals surface area (Å²) >= 11 is 0. The van der Waals surface area contributed by atoms with E-state index in [0.717, 1.165) is 6.42 Å². The summed E-state index contributed by atoms with van der Waals surface area (Å²) in [7, 11) is 0. The topological polar surface area (TPSA) is 42.6 Å². The number of aliphatic hydroxyl groups excluding tert-OH is 1. The Morgan fingerprint density at radius 3 is 2.59 bits per heavy atom. The van der Waals surface area contributed by atoms with Crippen LogP contribution in [0.3, 0.4) is 0 Å². The van der Waals surface area contributed by atoms with Gasteiger partial charge in [0.25, 0.3) is 0 Å². The van der Waals surface area contributed by atoms with Gasteiger partial charge < -0.3 is 14.3 Å². The van der Waals surface area contributed by atoms with Crippen molar-refractivity contribution in [2.24, 2.45) is 0 Å². The van der Waals surface area contributed by atoms with Crippen LogP contribution < -0.4 is 0 Å². The third-order valence-electron chi connectivity index (χ3n) is 2.58. The molecule has 2 rings (SSSR count). The first-order valence-electron chi connectivity index (χ1n) is 5.70. The first-order valence-corrected chi connectivity index (χ1v) is 5.70. The van der Waals surface area contributed by atoms with Crippen LogP contribution in [0.2, 0.25) is 0 Å². The monoisotopic (exact) mass is 232 g/mol. The lowest BCUT2D eigenvalue weighted by atomic mass is 10.2. The zero-order chi connectivity index (χ0) is 11.9. The summed E-state index contributed by atoms with van der Waals surface area (Å²) in [6.45, 7) is 0.498. The Labute approximate surface area is 101 Å². The molecule has 0 amide bonds. The molecule has 0 bridgehead atoms. The molecule has 0 spiro atoms. The van der Waals surface area contributed by atoms with Crippen molar-refractivity contribution in [1.29, 1.82) is 0 Å². The van der Waals surface area contributed by atoms with Gasteiger partial charge in [0.2, 0.25) is 0 Å². The Bertz CT molecular complexity index is 408. The molecule has 3 nitrogen and oxygen atoms in total. The van der Waals surface area contributed by atoms with Crippen molar-refractivity contribution < 1.29 is 14.3 Å². The minimum absolute atomic E-state index is 0.0672. The van der Waals surface area contributed by atoms with Crippen LogP contribution >= 0.6 is 0 Å². The van der Waals surface area contributed by atoms with E-state index in [2.05, 4.69) is 12.1 Å². The van der Waals surface area contributed by atoms with Crippen molar-refractivity contribution in [3.05, 3.63) is 60.1 Å². The maximum absolute atomic E-state index is 9.21. The highest BCUT2D eigenvalue weighted by molar-refractivity contribution is 5.14. The van der Waals surface area contributed by atoms with Gasteiger partial charge in [-0.15, -0.1) is 0 Å². The summed E-state index contributed by atoms with van der Waals surface area (Å²) in [6.07, 6.45) is 2.05. The SMILES string of the molecule is OC[C@H](OCCc1ccccc1)c1ccco1. The zero-order valence-electron chi connectivity index (χ0n) is 9.58. The van der Waals surface area contributed by atoms with Crippen LogP contribution in [0.15, 0.2) is 53.1 Å². The maximum Gasteiger partial charge on any atom is 0.138 e. The van der Waals surface area contributed by atoms with E-state index in [9.17, 15) is 5.11 Å². The molecule has 0 unspecified atom stereocenters. The first-order chi connectivity index (χ1) is 8.40. The molecule has 0 aliphatic carbocycles. The van der Waals surface area contributed by atoms with Crippen LogP contribution in [0.1, 0.15) is 17.4 Å². The highest BCUT2D eigenvalue weighted by Gasteiger charge is 2.13. The van der Waals surface area contributed by atoms with E-state index in [1.807, 2.05) is 24.3 Å². The van der Waals surface area contributed by atoms with Crippen molar-refractivity contribution in [2.75, 3.05) is 13.2 Å². The van der Waals surface area contributed by atoms with Crippen LogP contribution in [0.5, 0.6) is 0 Å². The predicted octanol–water partition coefficient (Wildman–Crippen LogP) is 2.57. The van der Waals surface area contributed by atoms with E-state index in [-0.39, 0.29) is 12.7 Å². The standard InChI is InChI=1S/C14H16O3/c15-11-14(13-7-4-9-16-13)17-10-8-12-5-2-1-3-6-12/h1-7,9,14-15H,8,10-11H2/t14-/m0/s1. The molecule has 17 heavy (non-hydrogen) atoms. The van der Waals surface area contributed by atoms with Gasteiger partial charge in [-0.1, -0.05) is 30.3 Å². The minimum Gasteiger partial charge on any atom is -0.466 e. The van der Waals surface area contributed by atoms with Gasteiger partial charge in [-0.2, -0.15) is 0 Å². The van der Waals surface area contributed by atoms with Crippen molar-refractivity contribution in [2.45, 2.75) is 12.5 Å². The number of rotatable bonds is 6. The molecule has 1 N–H and O–H groups in total. The highest BCUT2D eigenvalue weighted by Crippen LogP contribution is 2.17. The molecule has 1 heterocycles. The molecule has 2 aromatic rings. The lowest BCUT2D eigenvalue weighted by molar-refractivity contribution is 0.000458. The summed E-state index contributed by atoms with van der Waals surface area (Å²) in [5, 5.41) is 9.21. The molecule has 1 aromatic heterocycles. The summed E-state index contributed by atoms with van der Waals surface area (Å²) < 4.78 is 10.8. The average Bonchev–Trinajstić information content (AvgIpc) is 2.90. The number of furan rings is 1. The number of hydrogen-bond donors (Lipinski definition) is 1. The molecule has 1 atom stereocenters. The zero-order valence-corrected chi connectivity index (χ0v) is 9.58. The summed E-state index contributed by atoms with van der Waals surface area (Å²) in [5.74, 6) is 0.667. The Kier molecular flexibility index (Phi) is 4.36. The van der Waals surface area contributed by atoms with Gasteiger partial charge in [0.1, 0.15) is 11.9 Å². The molecule has 0 radical (unpaired) electrons. The van der Waals surface area contributed by atoms with Gasteiger partial charge in [-0.25, -0.2) is 0 Å². The third-order valence-corrected chi connectivity index (χ3v) is 2.58. The van der Waals surface area contributed by atoms with Crippen LogP contribution in [0.25, 0.3) is 0 Å². The summed E-state index contributed by atoms with van der Waals surface area (Å²) in [4.78, 5) is 0. The lowest BCUT2D eigenvalue weighted by Gasteiger charge is -2.12. The van der Waals surface area contributed by atoms with E-state index in [1.54, 1.807) is 12.3 Å². The molecular weight excluding hydrogens is 216 g/mol. The fraction of sp³-hybridized carbons (Fsp3) is 0.286. The number of hydrogen-bond acceptors (Lipinski definition) is 3. The molecule has 90 valence electrons. The van der Waals surface area contributed by atoms with E-state index in [1.165, 1.54) is 5.56 Å². The van der Waals surface area contributed by atoms with Crippen LogP contribution in [0, 0.1) is 0 Å². The molecule has 0 saturated heterocycles. The fourth-order valence-electron chi connectivity index (χ4n) is 1.66. The van der Waals surface area contributed by atoms with Crippen molar-refractivity contribution >= 4 is 0 Å². The molecule has 3 heteroatoms. The minimum atomic E-state index is -0.367. The van der Waals surface area contributed by atoms with E-state index in [0.29, 0.717) is 12.4 Å². The molecule has 1 aromatic carbocycles. The Hall–Kier alpha value is -1.58. The third kappa shape index (κ3) is 3.44.